The second-order valence-corrected chi connectivity index (χ2v) is 4.16. The lowest BCUT2D eigenvalue weighted by Gasteiger charge is -2.10. The standard InChI is InChI=1S/C10H11N3O2S/c11-10-5-6-13(12-10)9-4-2-1-3-8(9)7-16(14)15/h1-6H,7H2,(H2,11,12)(H,14,15)/p-1. The minimum Gasteiger partial charge on any atom is -0.772 e. The van der Waals surface area contributed by atoms with Gasteiger partial charge in [-0.15, -0.1) is 0 Å². The first-order valence-electron chi connectivity index (χ1n) is 4.62. The molecule has 84 valence electrons. The maximum absolute atomic E-state index is 10.7. The van der Waals surface area contributed by atoms with Gasteiger partial charge in [0.2, 0.25) is 0 Å². The van der Waals surface area contributed by atoms with E-state index >= 15 is 0 Å². The summed E-state index contributed by atoms with van der Waals surface area (Å²) in [5, 5.41) is 4.04. The molecule has 1 atom stereocenters. The topological polar surface area (TPSA) is 84.0 Å². The number of anilines is 1. The zero-order chi connectivity index (χ0) is 11.5. The average Bonchev–Trinajstić information content (AvgIpc) is 2.65. The van der Waals surface area contributed by atoms with Crippen LogP contribution in [-0.4, -0.2) is 18.5 Å². The Kier molecular flexibility index (Phi) is 3.02. The SMILES string of the molecule is Nc1ccn(-c2ccccc2CS(=O)[O-])n1. The second-order valence-electron chi connectivity index (χ2n) is 3.26. The monoisotopic (exact) mass is 236 g/mol. The minimum atomic E-state index is -2.12. The first-order valence-corrected chi connectivity index (χ1v) is 5.86. The molecule has 0 aliphatic heterocycles. The quantitative estimate of drug-likeness (QED) is 0.800. The Balaban J connectivity index is 2.43. The molecular weight excluding hydrogens is 226 g/mol. The molecule has 0 spiro atoms. The van der Waals surface area contributed by atoms with Gasteiger partial charge in [0, 0.05) is 18.0 Å². The number of hydrogen-bond acceptors (Lipinski definition) is 4. The van der Waals surface area contributed by atoms with E-state index in [0.717, 1.165) is 5.69 Å². The lowest BCUT2D eigenvalue weighted by atomic mass is 10.2. The van der Waals surface area contributed by atoms with Gasteiger partial charge in [-0.05, 0) is 11.6 Å². The normalized spacial score (nSPS) is 12.6. The van der Waals surface area contributed by atoms with E-state index in [1.807, 2.05) is 6.07 Å². The summed E-state index contributed by atoms with van der Waals surface area (Å²) >= 11 is -2.12. The highest BCUT2D eigenvalue weighted by atomic mass is 32.2. The summed E-state index contributed by atoms with van der Waals surface area (Å²) in [5.74, 6) is 0.369. The van der Waals surface area contributed by atoms with Crippen LogP contribution in [0.4, 0.5) is 5.82 Å². The van der Waals surface area contributed by atoms with E-state index in [4.69, 9.17) is 5.73 Å². The molecule has 1 heterocycles. The highest BCUT2D eigenvalue weighted by Crippen LogP contribution is 2.15. The number of nitrogens with zero attached hydrogens (tertiary/aromatic N) is 2. The van der Waals surface area contributed by atoms with Crippen LogP contribution in [0.2, 0.25) is 0 Å². The molecule has 0 saturated carbocycles. The Hall–Kier alpha value is -1.66. The van der Waals surface area contributed by atoms with Crippen LogP contribution in [0.25, 0.3) is 5.69 Å². The van der Waals surface area contributed by atoms with Gasteiger partial charge in [0.05, 0.1) is 5.69 Å². The maximum Gasteiger partial charge on any atom is 0.145 e. The smallest absolute Gasteiger partial charge is 0.145 e. The van der Waals surface area contributed by atoms with Gasteiger partial charge < -0.3 is 10.3 Å². The fourth-order valence-corrected chi connectivity index (χ4v) is 1.95. The molecule has 6 heteroatoms. The van der Waals surface area contributed by atoms with Crippen LogP contribution in [0.1, 0.15) is 5.56 Å². The van der Waals surface area contributed by atoms with Gasteiger partial charge in [0.25, 0.3) is 0 Å². The molecule has 16 heavy (non-hydrogen) atoms. The first kappa shape index (κ1) is 10.8. The lowest BCUT2D eigenvalue weighted by molar-refractivity contribution is 0.536. The highest BCUT2D eigenvalue weighted by molar-refractivity contribution is 7.78. The van der Waals surface area contributed by atoms with Gasteiger partial charge in [0.15, 0.2) is 0 Å². The summed E-state index contributed by atoms with van der Waals surface area (Å²) in [4.78, 5) is 0. The Labute approximate surface area is 95.2 Å². The summed E-state index contributed by atoms with van der Waals surface area (Å²) in [6.45, 7) is 0. The lowest BCUT2D eigenvalue weighted by Crippen LogP contribution is -2.03. The van der Waals surface area contributed by atoms with Crippen LogP contribution in [0, 0.1) is 0 Å². The van der Waals surface area contributed by atoms with E-state index in [1.54, 1.807) is 35.1 Å². The zero-order valence-corrected chi connectivity index (χ0v) is 9.18. The maximum atomic E-state index is 10.7. The largest absolute Gasteiger partial charge is 0.772 e. The van der Waals surface area contributed by atoms with Crippen LogP contribution >= 0.6 is 0 Å². The number of rotatable bonds is 3. The van der Waals surface area contributed by atoms with Crippen LogP contribution < -0.4 is 5.73 Å². The molecule has 0 bridgehead atoms. The second kappa shape index (κ2) is 4.46. The molecule has 1 aromatic carbocycles. The molecular formula is C10H10N3O2S-. The highest BCUT2D eigenvalue weighted by Gasteiger charge is 2.04. The van der Waals surface area contributed by atoms with Crippen molar-refractivity contribution >= 4 is 16.9 Å². The fourth-order valence-electron chi connectivity index (χ4n) is 1.46. The van der Waals surface area contributed by atoms with Gasteiger partial charge in [-0.1, -0.05) is 29.3 Å². The van der Waals surface area contributed by atoms with Crippen molar-refractivity contribution in [2.45, 2.75) is 5.75 Å². The van der Waals surface area contributed by atoms with Gasteiger partial charge in [-0.2, -0.15) is 5.10 Å². The van der Waals surface area contributed by atoms with Crippen molar-refractivity contribution in [2.24, 2.45) is 0 Å². The molecule has 0 aliphatic rings. The molecule has 2 aromatic rings. The fraction of sp³-hybridized carbons (Fsp3) is 0.100. The summed E-state index contributed by atoms with van der Waals surface area (Å²) in [6.07, 6.45) is 1.70. The number of para-hydroxylation sites is 1. The Morgan fingerprint density at radius 3 is 2.75 bits per heavy atom. The molecule has 0 aliphatic carbocycles. The molecule has 1 aromatic heterocycles. The molecule has 0 amide bonds. The molecule has 0 fully saturated rings. The predicted molar refractivity (Wildman–Crippen MR) is 60.6 cm³/mol. The third-order valence-electron chi connectivity index (χ3n) is 2.12. The van der Waals surface area contributed by atoms with Crippen molar-refractivity contribution in [3.63, 3.8) is 0 Å². The predicted octanol–water partition coefficient (Wildman–Crippen LogP) is 0.834. The van der Waals surface area contributed by atoms with Gasteiger partial charge in [0.1, 0.15) is 5.82 Å². The van der Waals surface area contributed by atoms with Gasteiger partial charge >= 0.3 is 0 Å². The number of benzene rings is 1. The third kappa shape index (κ3) is 2.29. The molecule has 2 rings (SSSR count). The van der Waals surface area contributed by atoms with E-state index in [0.29, 0.717) is 11.4 Å². The summed E-state index contributed by atoms with van der Waals surface area (Å²) < 4.78 is 23.0. The van der Waals surface area contributed by atoms with Crippen molar-refractivity contribution in [2.75, 3.05) is 5.73 Å². The molecule has 0 radical (unpaired) electrons. The Bertz CT molecular complexity index is 524. The van der Waals surface area contributed by atoms with E-state index < -0.39 is 11.1 Å². The average molecular weight is 236 g/mol. The molecule has 0 saturated heterocycles. The molecule has 1 unspecified atom stereocenters. The zero-order valence-electron chi connectivity index (χ0n) is 8.37. The van der Waals surface area contributed by atoms with E-state index in [9.17, 15) is 8.76 Å². The first-order chi connectivity index (χ1) is 7.66. The number of nitrogens with two attached hydrogens (primary N) is 1. The van der Waals surface area contributed by atoms with Crippen molar-refractivity contribution < 1.29 is 8.76 Å². The minimum absolute atomic E-state index is 0.0318. The molecule has 5 nitrogen and oxygen atoms in total. The summed E-state index contributed by atoms with van der Waals surface area (Å²) in [5.41, 5.74) is 6.93. The Morgan fingerprint density at radius 2 is 2.12 bits per heavy atom. The van der Waals surface area contributed by atoms with Crippen LogP contribution in [0.15, 0.2) is 36.5 Å². The van der Waals surface area contributed by atoms with Crippen molar-refractivity contribution in [1.29, 1.82) is 0 Å². The van der Waals surface area contributed by atoms with Gasteiger partial charge in [-0.3, -0.25) is 4.21 Å². The van der Waals surface area contributed by atoms with Crippen LogP contribution in [0.3, 0.4) is 0 Å². The van der Waals surface area contributed by atoms with E-state index in [-0.39, 0.29) is 5.75 Å². The van der Waals surface area contributed by atoms with E-state index in [1.165, 1.54) is 0 Å². The van der Waals surface area contributed by atoms with Crippen molar-refractivity contribution in [3.05, 3.63) is 42.1 Å². The van der Waals surface area contributed by atoms with Crippen LogP contribution in [0.5, 0.6) is 0 Å². The number of aromatic nitrogens is 2. The third-order valence-corrected chi connectivity index (χ3v) is 2.67. The summed E-state index contributed by atoms with van der Waals surface area (Å²) in [6, 6.07) is 8.82. The van der Waals surface area contributed by atoms with Crippen molar-refractivity contribution in [1.82, 2.24) is 9.78 Å². The summed E-state index contributed by atoms with van der Waals surface area (Å²) in [7, 11) is 0. The molecule has 2 N–H and O–H groups in total. The Morgan fingerprint density at radius 1 is 1.38 bits per heavy atom. The number of hydrogen-bond donors (Lipinski definition) is 1. The number of nitrogen functional groups attached to an aromatic ring is 1. The van der Waals surface area contributed by atoms with Crippen LogP contribution in [-0.2, 0) is 16.8 Å². The van der Waals surface area contributed by atoms with Crippen molar-refractivity contribution in [3.8, 4) is 5.69 Å². The van der Waals surface area contributed by atoms with E-state index in [2.05, 4.69) is 5.10 Å². The van der Waals surface area contributed by atoms with Gasteiger partial charge in [-0.25, -0.2) is 4.68 Å².